The first-order valence-corrected chi connectivity index (χ1v) is 4.88. The summed E-state index contributed by atoms with van der Waals surface area (Å²) in [5.74, 6) is -2.79. The van der Waals surface area contributed by atoms with Gasteiger partial charge >= 0.3 is 0 Å². The molecule has 1 unspecified atom stereocenters. The molecule has 0 heterocycles. The molecule has 1 amide bonds. The minimum atomic E-state index is -0.844. The van der Waals surface area contributed by atoms with E-state index < -0.39 is 23.5 Å². The maximum absolute atomic E-state index is 13.2. The van der Waals surface area contributed by atoms with Crippen molar-refractivity contribution >= 4 is 28.8 Å². The molecule has 0 bridgehead atoms. The zero-order valence-electron chi connectivity index (χ0n) is 8.46. The smallest absolute Gasteiger partial charge is 0.234 e. The Labute approximate surface area is 96.6 Å². The van der Waals surface area contributed by atoms with Crippen LogP contribution < -0.4 is 11.1 Å². The topological polar surface area (TPSA) is 55.1 Å². The van der Waals surface area contributed by atoms with E-state index in [4.69, 9.17) is 5.73 Å². The zero-order chi connectivity index (χ0) is 12.3. The van der Waals surface area contributed by atoms with Gasteiger partial charge in [0, 0.05) is 6.07 Å². The van der Waals surface area contributed by atoms with Crippen molar-refractivity contribution in [2.24, 2.45) is 11.7 Å². The first-order chi connectivity index (χ1) is 7.41. The molecule has 3 N–H and O–H groups in total. The summed E-state index contributed by atoms with van der Waals surface area (Å²) >= 11 is 4.63. The van der Waals surface area contributed by atoms with Crippen LogP contribution in [0.25, 0.3) is 0 Å². The maximum Gasteiger partial charge on any atom is 0.234 e. The van der Waals surface area contributed by atoms with Crippen LogP contribution in [0.5, 0.6) is 0 Å². The van der Waals surface area contributed by atoms with Gasteiger partial charge in [0.1, 0.15) is 11.6 Å². The number of thiocarbonyl (C=S) groups is 1. The second kappa shape index (κ2) is 4.98. The van der Waals surface area contributed by atoms with Crippen LogP contribution in [-0.2, 0) is 4.79 Å². The predicted molar refractivity (Wildman–Crippen MR) is 60.9 cm³/mol. The molecule has 0 aromatic heterocycles. The van der Waals surface area contributed by atoms with Crippen LogP contribution in [0.3, 0.4) is 0 Å². The molecule has 1 atom stereocenters. The van der Waals surface area contributed by atoms with Crippen LogP contribution in [0.1, 0.15) is 6.92 Å². The van der Waals surface area contributed by atoms with E-state index >= 15 is 0 Å². The number of benzene rings is 1. The molecule has 1 rings (SSSR count). The summed E-state index contributed by atoms with van der Waals surface area (Å²) in [6.07, 6.45) is 0. The van der Waals surface area contributed by atoms with E-state index in [1.165, 1.54) is 6.92 Å². The molecule has 0 saturated heterocycles. The van der Waals surface area contributed by atoms with Crippen LogP contribution in [0.15, 0.2) is 18.2 Å². The number of anilines is 1. The average molecular weight is 244 g/mol. The van der Waals surface area contributed by atoms with Crippen molar-refractivity contribution in [1.82, 2.24) is 0 Å². The van der Waals surface area contributed by atoms with Gasteiger partial charge in [0.25, 0.3) is 0 Å². The van der Waals surface area contributed by atoms with Crippen molar-refractivity contribution in [2.45, 2.75) is 6.92 Å². The SMILES string of the molecule is CC(C(=O)Nc1ccc(F)cc1F)C(N)=S. The summed E-state index contributed by atoms with van der Waals surface area (Å²) in [6, 6.07) is 2.86. The van der Waals surface area contributed by atoms with Gasteiger partial charge < -0.3 is 11.1 Å². The lowest BCUT2D eigenvalue weighted by molar-refractivity contribution is -0.117. The normalized spacial score (nSPS) is 11.9. The Hall–Kier alpha value is -1.56. The first-order valence-electron chi connectivity index (χ1n) is 4.47. The third kappa shape index (κ3) is 2.96. The zero-order valence-corrected chi connectivity index (χ0v) is 9.28. The molecule has 0 fully saturated rings. The van der Waals surface area contributed by atoms with Crippen molar-refractivity contribution < 1.29 is 13.6 Å². The molecule has 0 saturated carbocycles. The summed E-state index contributed by atoms with van der Waals surface area (Å²) in [7, 11) is 0. The highest BCUT2D eigenvalue weighted by molar-refractivity contribution is 7.80. The number of nitrogens with two attached hydrogens (primary N) is 1. The molecule has 16 heavy (non-hydrogen) atoms. The third-order valence-electron chi connectivity index (χ3n) is 2.01. The van der Waals surface area contributed by atoms with Gasteiger partial charge in [0.2, 0.25) is 5.91 Å². The number of carbonyl (C=O) groups excluding carboxylic acids is 1. The molecule has 0 aliphatic rings. The highest BCUT2D eigenvalue weighted by atomic mass is 32.1. The molecule has 1 aromatic rings. The van der Waals surface area contributed by atoms with E-state index in [0.717, 1.165) is 12.1 Å². The minimum Gasteiger partial charge on any atom is -0.393 e. The average Bonchev–Trinajstić information content (AvgIpc) is 2.20. The molecular formula is C10H10F2N2OS. The Morgan fingerprint density at radius 3 is 2.62 bits per heavy atom. The number of halogens is 2. The van der Waals surface area contributed by atoms with Gasteiger partial charge in [-0.15, -0.1) is 0 Å². The Morgan fingerprint density at radius 1 is 1.50 bits per heavy atom. The first kappa shape index (κ1) is 12.5. The number of amides is 1. The van der Waals surface area contributed by atoms with Gasteiger partial charge in [0.05, 0.1) is 16.6 Å². The molecule has 0 spiro atoms. The standard InChI is InChI=1S/C10H10F2N2OS/c1-5(9(13)16)10(15)14-8-3-2-6(11)4-7(8)12/h2-5H,1H3,(H2,13,16)(H,14,15). The Kier molecular flexibility index (Phi) is 3.89. The number of hydrogen-bond acceptors (Lipinski definition) is 2. The van der Waals surface area contributed by atoms with Crippen molar-refractivity contribution in [3.05, 3.63) is 29.8 Å². The molecule has 0 aliphatic carbocycles. The molecule has 3 nitrogen and oxygen atoms in total. The van der Waals surface area contributed by atoms with E-state index in [1.54, 1.807) is 0 Å². The lowest BCUT2D eigenvalue weighted by atomic mass is 10.1. The number of carbonyl (C=O) groups is 1. The van der Waals surface area contributed by atoms with E-state index in [-0.39, 0.29) is 10.7 Å². The Balaban J connectivity index is 2.81. The minimum absolute atomic E-state index is 0.0139. The molecule has 86 valence electrons. The van der Waals surface area contributed by atoms with Gasteiger partial charge in [-0.3, -0.25) is 4.79 Å². The predicted octanol–water partition coefficient (Wildman–Crippen LogP) is 1.83. The van der Waals surface area contributed by atoms with Crippen LogP contribution in [0.4, 0.5) is 14.5 Å². The van der Waals surface area contributed by atoms with Crippen LogP contribution in [0, 0.1) is 17.6 Å². The largest absolute Gasteiger partial charge is 0.393 e. The summed E-state index contributed by atoms with van der Waals surface area (Å²) in [6.45, 7) is 1.50. The molecular weight excluding hydrogens is 234 g/mol. The lowest BCUT2D eigenvalue weighted by Crippen LogP contribution is -2.31. The van der Waals surface area contributed by atoms with Crippen molar-refractivity contribution in [2.75, 3.05) is 5.32 Å². The quantitative estimate of drug-likeness (QED) is 0.797. The van der Waals surface area contributed by atoms with Gasteiger partial charge in [-0.2, -0.15) is 0 Å². The summed E-state index contributed by atoms with van der Waals surface area (Å²) in [4.78, 5) is 11.5. The van der Waals surface area contributed by atoms with Crippen molar-refractivity contribution in [3.63, 3.8) is 0 Å². The number of rotatable bonds is 3. The molecule has 0 aliphatic heterocycles. The van der Waals surface area contributed by atoms with E-state index in [0.29, 0.717) is 6.07 Å². The molecule has 0 radical (unpaired) electrons. The monoisotopic (exact) mass is 244 g/mol. The van der Waals surface area contributed by atoms with Crippen LogP contribution in [0.2, 0.25) is 0 Å². The van der Waals surface area contributed by atoms with Crippen LogP contribution >= 0.6 is 12.2 Å². The van der Waals surface area contributed by atoms with Crippen molar-refractivity contribution in [3.8, 4) is 0 Å². The van der Waals surface area contributed by atoms with Gasteiger partial charge in [-0.1, -0.05) is 12.2 Å². The second-order valence-electron chi connectivity index (χ2n) is 3.24. The Bertz CT molecular complexity index is 437. The fourth-order valence-electron chi connectivity index (χ4n) is 0.961. The van der Waals surface area contributed by atoms with E-state index in [1.807, 2.05) is 0 Å². The van der Waals surface area contributed by atoms with Gasteiger partial charge in [-0.25, -0.2) is 8.78 Å². The number of nitrogens with one attached hydrogen (secondary N) is 1. The summed E-state index contributed by atoms with van der Waals surface area (Å²) in [5.41, 5.74) is 5.17. The summed E-state index contributed by atoms with van der Waals surface area (Å²) < 4.78 is 25.7. The fraction of sp³-hybridized carbons (Fsp3) is 0.200. The van der Waals surface area contributed by atoms with Gasteiger partial charge in [0.15, 0.2) is 0 Å². The highest BCUT2D eigenvalue weighted by Gasteiger charge is 2.17. The summed E-state index contributed by atoms with van der Waals surface area (Å²) in [5, 5.41) is 2.27. The van der Waals surface area contributed by atoms with E-state index in [2.05, 4.69) is 17.5 Å². The second-order valence-corrected chi connectivity index (χ2v) is 3.71. The third-order valence-corrected chi connectivity index (χ3v) is 2.36. The molecule has 6 heteroatoms. The maximum atomic E-state index is 13.2. The number of hydrogen-bond donors (Lipinski definition) is 2. The Morgan fingerprint density at radius 2 is 2.12 bits per heavy atom. The van der Waals surface area contributed by atoms with Crippen LogP contribution in [-0.4, -0.2) is 10.9 Å². The van der Waals surface area contributed by atoms with Crippen molar-refractivity contribution in [1.29, 1.82) is 0 Å². The van der Waals surface area contributed by atoms with Gasteiger partial charge in [-0.05, 0) is 19.1 Å². The molecule has 1 aromatic carbocycles. The fourth-order valence-corrected chi connectivity index (χ4v) is 1.07. The van der Waals surface area contributed by atoms with E-state index in [9.17, 15) is 13.6 Å². The lowest BCUT2D eigenvalue weighted by Gasteiger charge is -2.11. The highest BCUT2D eigenvalue weighted by Crippen LogP contribution is 2.15.